The number of benzene rings is 1. The van der Waals surface area contributed by atoms with Crippen molar-refractivity contribution in [2.75, 3.05) is 6.61 Å². The molecular formula is C17H22N2O. The maximum atomic E-state index is 9.56. The molecule has 0 amide bonds. The van der Waals surface area contributed by atoms with E-state index in [-0.39, 0.29) is 18.7 Å². The molecule has 0 aliphatic heterocycles. The Balaban J connectivity index is 2.30. The van der Waals surface area contributed by atoms with Crippen molar-refractivity contribution in [2.45, 2.75) is 25.9 Å². The third-order valence-electron chi connectivity index (χ3n) is 3.50. The standard InChI is InChI=1S/C17H22N2O/c1-13(2)16(12-20)19-17(14-8-4-3-5-9-14)15-10-6-7-11-18-15/h3-11,13,16-17,19-20H,12H2,1-2H3/t16-,17?/m1/s1. The molecule has 3 heteroatoms. The summed E-state index contributed by atoms with van der Waals surface area (Å²) in [7, 11) is 0. The molecule has 2 rings (SSSR count). The zero-order valence-electron chi connectivity index (χ0n) is 12.0. The number of nitrogens with one attached hydrogen (secondary N) is 1. The first kappa shape index (κ1) is 14.7. The summed E-state index contributed by atoms with van der Waals surface area (Å²) < 4.78 is 0. The summed E-state index contributed by atoms with van der Waals surface area (Å²) in [5, 5.41) is 13.1. The van der Waals surface area contributed by atoms with Gasteiger partial charge in [-0.15, -0.1) is 0 Å². The van der Waals surface area contributed by atoms with Gasteiger partial charge in [0.25, 0.3) is 0 Å². The number of nitrogens with zero attached hydrogens (tertiary/aromatic N) is 1. The Bertz CT molecular complexity index is 459. The fourth-order valence-electron chi connectivity index (χ4n) is 2.21. The Morgan fingerprint density at radius 3 is 2.30 bits per heavy atom. The van der Waals surface area contributed by atoms with E-state index in [4.69, 9.17) is 0 Å². The Morgan fingerprint density at radius 2 is 1.75 bits per heavy atom. The summed E-state index contributed by atoms with van der Waals surface area (Å²) in [6, 6.07) is 16.2. The van der Waals surface area contributed by atoms with Crippen LogP contribution in [-0.2, 0) is 0 Å². The molecule has 1 unspecified atom stereocenters. The number of hydrogen-bond acceptors (Lipinski definition) is 3. The van der Waals surface area contributed by atoms with Crippen molar-refractivity contribution < 1.29 is 5.11 Å². The molecule has 20 heavy (non-hydrogen) atoms. The first-order valence-corrected chi connectivity index (χ1v) is 7.05. The summed E-state index contributed by atoms with van der Waals surface area (Å²) in [6.07, 6.45) is 1.80. The Labute approximate surface area is 120 Å². The molecule has 2 atom stereocenters. The molecule has 0 radical (unpaired) electrons. The average molecular weight is 270 g/mol. The highest BCUT2D eigenvalue weighted by Crippen LogP contribution is 2.21. The lowest BCUT2D eigenvalue weighted by Crippen LogP contribution is -2.40. The van der Waals surface area contributed by atoms with E-state index in [1.807, 2.05) is 36.4 Å². The van der Waals surface area contributed by atoms with Crippen molar-refractivity contribution in [3.8, 4) is 0 Å². The summed E-state index contributed by atoms with van der Waals surface area (Å²) in [5.74, 6) is 0.356. The molecular weight excluding hydrogens is 248 g/mol. The Kier molecular flexibility index (Phi) is 5.27. The lowest BCUT2D eigenvalue weighted by atomic mass is 9.98. The maximum absolute atomic E-state index is 9.56. The van der Waals surface area contributed by atoms with Gasteiger partial charge in [0.15, 0.2) is 0 Å². The molecule has 0 saturated carbocycles. The first-order chi connectivity index (χ1) is 9.72. The van der Waals surface area contributed by atoms with Crippen LogP contribution in [0.4, 0.5) is 0 Å². The van der Waals surface area contributed by atoms with Crippen LogP contribution in [0.15, 0.2) is 54.7 Å². The van der Waals surface area contributed by atoms with Crippen LogP contribution in [0.25, 0.3) is 0 Å². The molecule has 0 bridgehead atoms. The highest BCUT2D eigenvalue weighted by Gasteiger charge is 2.21. The average Bonchev–Trinajstić information content (AvgIpc) is 2.50. The van der Waals surface area contributed by atoms with E-state index in [0.29, 0.717) is 5.92 Å². The van der Waals surface area contributed by atoms with E-state index in [1.165, 1.54) is 0 Å². The van der Waals surface area contributed by atoms with Gasteiger partial charge in [0.1, 0.15) is 0 Å². The molecule has 1 aromatic heterocycles. The van der Waals surface area contributed by atoms with Gasteiger partial charge < -0.3 is 5.11 Å². The van der Waals surface area contributed by atoms with Crippen LogP contribution in [0.2, 0.25) is 0 Å². The SMILES string of the molecule is CC(C)[C@@H](CO)NC(c1ccccc1)c1ccccn1. The van der Waals surface area contributed by atoms with Crippen LogP contribution >= 0.6 is 0 Å². The summed E-state index contributed by atoms with van der Waals surface area (Å²) in [5.41, 5.74) is 2.13. The van der Waals surface area contributed by atoms with Crippen molar-refractivity contribution in [3.05, 3.63) is 66.0 Å². The largest absolute Gasteiger partial charge is 0.395 e. The number of aliphatic hydroxyl groups excluding tert-OH is 1. The number of pyridine rings is 1. The fourth-order valence-corrected chi connectivity index (χ4v) is 2.21. The zero-order chi connectivity index (χ0) is 14.4. The lowest BCUT2D eigenvalue weighted by Gasteiger charge is -2.27. The van der Waals surface area contributed by atoms with Crippen LogP contribution in [0, 0.1) is 5.92 Å². The fraction of sp³-hybridized carbons (Fsp3) is 0.353. The van der Waals surface area contributed by atoms with E-state index < -0.39 is 0 Å². The molecule has 2 aromatic rings. The van der Waals surface area contributed by atoms with Gasteiger partial charge in [0, 0.05) is 12.2 Å². The third-order valence-corrected chi connectivity index (χ3v) is 3.50. The molecule has 1 heterocycles. The van der Waals surface area contributed by atoms with Gasteiger partial charge in [-0.25, -0.2) is 0 Å². The van der Waals surface area contributed by atoms with Gasteiger partial charge >= 0.3 is 0 Å². The van der Waals surface area contributed by atoms with Gasteiger partial charge in [-0.3, -0.25) is 10.3 Å². The van der Waals surface area contributed by atoms with E-state index in [0.717, 1.165) is 11.3 Å². The minimum Gasteiger partial charge on any atom is -0.395 e. The van der Waals surface area contributed by atoms with Crippen LogP contribution in [0.1, 0.15) is 31.1 Å². The second-order valence-electron chi connectivity index (χ2n) is 5.30. The molecule has 0 saturated heterocycles. The summed E-state index contributed by atoms with van der Waals surface area (Å²) in [6.45, 7) is 4.33. The molecule has 0 fully saturated rings. The number of aromatic nitrogens is 1. The highest BCUT2D eigenvalue weighted by molar-refractivity contribution is 5.27. The molecule has 0 aliphatic rings. The number of aliphatic hydroxyl groups is 1. The normalized spacial score (nSPS) is 14.2. The van der Waals surface area contributed by atoms with Crippen LogP contribution in [0.3, 0.4) is 0 Å². The van der Waals surface area contributed by atoms with E-state index in [9.17, 15) is 5.11 Å². The van der Waals surface area contributed by atoms with Gasteiger partial charge in [-0.2, -0.15) is 0 Å². The van der Waals surface area contributed by atoms with E-state index >= 15 is 0 Å². The van der Waals surface area contributed by atoms with Gasteiger partial charge in [0.2, 0.25) is 0 Å². The monoisotopic (exact) mass is 270 g/mol. The zero-order valence-corrected chi connectivity index (χ0v) is 12.0. The Hall–Kier alpha value is -1.71. The number of rotatable bonds is 6. The van der Waals surface area contributed by atoms with Crippen molar-refractivity contribution in [3.63, 3.8) is 0 Å². The van der Waals surface area contributed by atoms with Crippen molar-refractivity contribution in [2.24, 2.45) is 5.92 Å². The summed E-state index contributed by atoms with van der Waals surface area (Å²) in [4.78, 5) is 4.46. The highest BCUT2D eigenvalue weighted by atomic mass is 16.3. The minimum absolute atomic E-state index is 0.00282. The quantitative estimate of drug-likeness (QED) is 0.848. The maximum Gasteiger partial charge on any atom is 0.0754 e. The van der Waals surface area contributed by atoms with Crippen LogP contribution in [0.5, 0.6) is 0 Å². The lowest BCUT2D eigenvalue weighted by molar-refractivity contribution is 0.203. The first-order valence-electron chi connectivity index (χ1n) is 7.05. The molecule has 2 N–H and O–H groups in total. The number of hydrogen-bond donors (Lipinski definition) is 2. The predicted molar refractivity (Wildman–Crippen MR) is 81.4 cm³/mol. The smallest absolute Gasteiger partial charge is 0.0754 e. The molecule has 3 nitrogen and oxygen atoms in total. The van der Waals surface area contributed by atoms with E-state index in [2.05, 4.69) is 36.3 Å². The molecule has 106 valence electrons. The second kappa shape index (κ2) is 7.17. The van der Waals surface area contributed by atoms with Gasteiger partial charge in [-0.1, -0.05) is 50.2 Å². The predicted octanol–water partition coefficient (Wildman–Crippen LogP) is 2.78. The van der Waals surface area contributed by atoms with Crippen LogP contribution in [-0.4, -0.2) is 22.7 Å². The van der Waals surface area contributed by atoms with Crippen molar-refractivity contribution in [1.29, 1.82) is 0 Å². The minimum atomic E-state index is -0.00282. The molecule has 0 spiro atoms. The summed E-state index contributed by atoms with van der Waals surface area (Å²) >= 11 is 0. The third kappa shape index (κ3) is 3.65. The molecule has 1 aromatic carbocycles. The van der Waals surface area contributed by atoms with Crippen molar-refractivity contribution >= 4 is 0 Å². The second-order valence-corrected chi connectivity index (χ2v) is 5.30. The van der Waals surface area contributed by atoms with Gasteiger partial charge in [-0.05, 0) is 23.6 Å². The van der Waals surface area contributed by atoms with E-state index in [1.54, 1.807) is 6.20 Å². The Morgan fingerprint density at radius 1 is 1.05 bits per heavy atom. The topological polar surface area (TPSA) is 45.1 Å². The van der Waals surface area contributed by atoms with Crippen LogP contribution < -0.4 is 5.32 Å². The van der Waals surface area contributed by atoms with Gasteiger partial charge in [0.05, 0.1) is 18.3 Å². The van der Waals surface area contributed by atoms with Crippen molar-refractivity contribution in [1.82, 2.24) is 10.3 Å². The molecule has 0 aliphatic carbocycles.